The SMILES string of the molecule is CCC12CC(O)C3C(CCC4=CC(=NC)C(C=N)CC43C)C1CCC2(O)C(=O)CSc1nc2cccnc2s1. The predicted octanol–water partition coefficient (Wildman–Crippen LogP) is 5.35. The number of fused-ring (bicyclic) bond motifs is 6. The summed E-state index contributed by atoms with van der Waals surface area (Å²) in [6.45, 7) is 4.36. The van der Waals surface area contributed by atoms with Gasteiger partial charge in [-0.2, -0.15) is 0 Å². The molecule has 0 radical (unpaired) electrons. The lowest BCUT2D eigenvalue weighted by atomic mass is 9.44. The number of carbonyl (C=O) groups is 1. The van der Waals surface area contributed by atoms with Gasteiger partial charge in [0.15, 0.2) is 10.1 Å². The molecule has 4 aliphatic carbocycles. The third-order valence-electron chi connectivity index (χ3n) is 10.9. The maximum Gasteiger partial charge on any atom is 0.175 e. The van der Waals surface area contributed by atoms with Crippen molar-refractivity contribution in [2.75, 3.05) is 12.8 Å². The largest absolute Gasteiger partial charge is 0.393 e. The van der Waals surface area contributed by atoms with Gasteiger partial charge in [-0.1, -0.05) is 42.5 Å². The third-order valence-corrected chi connectivity index (χ3v) is 13.0. The van der Waals surface area contributed by atoms with Crippen LogP contribution in [0.1, 0.15) is 58.8 Å². The molecule has 0 aromatic carbocycles. The number of hydrogen-bond donors (Lipinski definition) is 3. The van der Waals surface area contributed by atoms with Gasteiger partial charge in [0.1, 0.15) is 15.9 Å². The summed E-state index contributed by atoms with van der Waals surface area (Å²) in [6.07, 6.45) is 9.90. The highest BCUT2D eigenvalue weighted by Gasteiger charge is 2.69. The third kappa shape index (κ3) is 3.94. The van der Waals surface area contributed by atoms with Gasteiger partial charge in [0.25, 0.3) is 0 Å². The minimum Gasteiger partial charge on any atom is -0.393 e. The fourth-order valence-corrected chi connectivity index (χ4v) is 11.1. The Kier molecular flexibility index (Phi) is 6.88. The number of carbonyl (C=O) groups excluding carboxylic acids is 1. The second-order valence-electron chi connectivity index (χ2n) is 12.2. The van der Waals surface area contributed by atoms with Crippen LogP contribution in [0, 0.1) is 39.9 Å². The molecule has 7 nitrogen and oxygen atoms in total. The molecule has 8 atom stereocenters. The predicted molar refractivity (Wildman–Crippen MR) is 157 cm³/mol. The minimum absolute atomic E-state index is 0.0376. The Bertz CT molecular complexity index is 1340. The highest BCUT2D eigenvalue weighted by atomic mass is 32.2. The Morgan fingerprint density at radius 3 is 2.90 bits per heavy atom. The highest BCUT2D eigenvalue weighted by molar-refractivity contribution is 8.01. The van der Waals surface area contributed by atoms with Gasteiger partial charge in [0.2, 0.25) is 0 Å². The van der Waals surface area contributed by atoms with Crippen molar-refractivity contribution in [3.63, 3.8) is 0 Å². The van der Waals surface area contributed by atoms with Crippen molar-refractivity contribution >= 4 is 51.2 Å². The van der Waals surface area contributed by atoms with Crippen molar-refractivity contribution in [1.82, 2.24) is 9.97 Å². The van der Waals surface area contributed by atoms with Crippen LogP contribution in [0.5, 0.6) is 0 Å². The Morgan fingerprint density at radius 1 is 1.36 bits per heavy atom. The number of nitrogens with one attached hydrogen (secondary N) is 1. The standard InChI is InChI=1S/C30H38N4O3S2/c1-4-29-14-23(35)25-19(8-7-18-12-22(32-3)17(15-31)13-28(18,25)2)20(29)9-10-30(29,37)24(36)16-38-27-34-21-6-5-11-33-26(21)39-27/h5-6,11-12,15,17,19-20,23,25,31,35,37H,4,7-10,13-14,16H2,1-3H3. The monoisotopic (exact) mass is 566 g/mol. The van der Waals surface area contributed by atoms with Crippen molar-refractivity contribution in [3.8, 4) is 0 Å². The van der Waals surface area contributed by atoms with Gasteiger partial charge < -0.3 is 15.6 Å². The number of allylic oxidation sites excluding steroid dienone is 2. The normalized spacial score (nSPS) is 40.6. The molecule has 3 saturated carbocycles. The van der Waals surface area contributed by atoms with E-state index in [1.54, 1.807) is 13.2 Å². The van der Waals surface area contributed by atoms with Crippen LogP contribution in [-0.2, 0) is 4.79 Å². The molecule has 0 aliphatic heterocycles. The number of aliphatic imine (C=N–C) groups is 1. The number of ketones is 1. The van der Waals surface area contributed by atoms with Crippen LogP contribution in [-0.4, -0.2) is 62.4 Å². The quantitative estimate of drug-likeness (QED) is 0.320. The molecule has 3 fully saturated rings. The summed E-state index contributed by atoms with van der Waals surface area (Å²) in [5.74, 6) is 0.489. The van der Waals surface area contributed by atoms with E-state index in [1.807, 2.05) is 12.1 Å². The molecule has 0 spiro atoms. The van der Waals surface area contributed by atoms with E-state index in [1.165, 1.54) is 34.9 Å². The van der Waals surface area contributed by atoms with Gasteiger partial charge in [0, 0.05) is 36.5 Å². The summed E-state index contributed by atoms with van der Waals surface area (Å²) in [4.78, 5) is 28.1. The Balaban J connectivity index is 1.28. The molecule has 3 N–H and O–H groups in total. The first kappa shape index (κ1) is 27.2. The van der Waals surface area contributed by atoms with Crippen molar-refractivity contribution in [3.05, 3.63) is 30.0 Å². The fourth-order valence-electron chi connectivity index (χ4n) is 9.18. The van der Waals surface area contributed by atoms with Crippen LogP contribution in [0.15, 0.2) is 39.3 Å². The van der Waals surface area contributed by atoms with Crippen molar-refractivity contribution in [2.24, 2.45) is 39.5 Å². The number of pyridine rings is 1. The average molecular weight is 567 g/mol. The van der Waals surface area contributed by atoms with E-state index in [9.17, 15) is 15.0 Å². The van der Waals surface area contributed by atoms with E-state index in [0.29, 0.717) is 19.3 Å². The summed E-state index contributed by atoms with van der Waals surface area (Å²) in [5, 5.41) is 32.1. The van der Waals surface area contributed by atoms with Crippen LogP contribution in [0.4, 0.5) is 0 Å². The maximum absolute atomic E-state index is 13.8. The number of thioether (sulfide) groups is 1. The number of aliphatic hydroxyl groups is 2. The summed E-state index contributed by atoms with van der Waals surface area (Å²) in [6, 6.07) is 3.78. The van der Waals surface area contributed by atoms with E-state index in [0.717, 1.165) is 46.1 Å². The second kappa shape index (κ2) is 9.86. The molecule has 0 amide bonds. The molecular weight excluding hydrogens is 528 g/mol. The van der Waals surface area contributed by atoms with Crippen molar-refractivity contribution < 1.29 is 15.0 Å². The Labute approximate surface area is 238 Å². The zero-order chi connectivity index (χ0) is 27.6. The Morgan fingerprint density at radius 2 is 2.18 bits per heavy atom. The minimum atomic E-state index is -1.44. The lowest BCUT2D eigenvalue weighted by Gasteiger charge is -2.61. The van der Waals surface area contributed by atoms with Crippen LogP contribution in [0.3, 0.4) is 0 Å². The molecule has 9 heteroatoms. The zero-order valence-corrected chi connectivity index (χ0v) is 24.5. The number of thiazole rings is 1. The highest BCUT2D eigenvalue weighted by Crippen LogP contribution is 2.69. The molecule has 0 bridgehead atoms. The first-order valence-electron chi connectivity index (χ1n) is 14.2. The van der Waals surface area contributed by atoms with Gasteiger partial charge in [-0.15, -0.1) is 0 Å². The smallest absolute Gasteiger partial charge is 0.175 e. The van der Waals surface area contributed by atoms with Crippen LogP contribution >= 0.6 is 23.1 Å². The van der Waals surface area contributed by atoms with E-state index < -0.39 is 17.1 Å². The number of nitrogens with zero attached hydrogens (tertiary/aromatic N) is 3. The van der Waals surface area contributed by atoms with E-state index >= 15 is 0 Å². The number of aromatic nitrogens is 2. The summed E-state index contributed by atoms with van der Waals surface area (Å²) >= 11 is 2.86. The molecular formula is C30H38N4O3S2. The molecule has 4 aliphatic rings. The summed E-state index contributed by atoms with van der Waals surface area (Å²) in [5.41, 5.74) is 0.864. The topological polar surface area (TPSA) is 120 Å². The van der Waals surface area contributed by atoms with Gasteiger partial charge in [0.05, 0.1) is 11.9 Å². The molecule has 0 saturated heterocycles. The first-order valence-corrected chi connectivity index (χ1v) is 16.0. The average Bonchev–Trinajstić information content (AvgIpc) is 3.49. The second-order valence-corrected chi connectivity index (χ2v) is 14.4. The van der Waals surface area contributed by atoms with E-state index in [2.05, 4.69) is 34.9 Å². The molecule has 8 unspecified atom stereocenters. The maximum atomic E-state index is 13.8. The molecule has 2 heterocycles. The first-order chi connectivity index (χ1) is 18.7. The number of aliphatic hydroxyl groups excluding tert-OH is 1. The van der Waals surface area contributed by atoms with Crippen LogP contribution < -0.4 is 0 Å². The van der Waals surface area contributed by atoms with Crippen LogP contribution in [0.25, 0.3) is 10.3 Å². The van der Waals surface area contributed by atoms with Gasteiger partial charge in [-0.3, -0.25) is 9.79 Å². The van der Waals surface area contributed by atoms with E-state index in [-0.39, 0.29) is 40.6 Å². The van der Waals surface area contributed by atoms with Gasteiger partial charge in [-0.05, 0) is 86.3 Å². The molecule has 39 heavy (non-hydrogen) atoms. The van der Waals surface area contributed by atoms with Gasteiger partial charge in [-0.25, -0.2) is 9.97 Å². The number of rotatable bonds is 6. The number of Topliss-reactive ketones (excluding diaryl/α,β-unsaturated/α-hetero) is 1. The summed E-state index contributed by atoms with van der Waals surface area (Å²) in [7, 11) is 1.80. The van der Waals surface area contributed by atoms with Crippen LogP contribution in [0.2, 0.25) is 0 Å². The molecule has 2 aromatic heterocycles. The number of hydrogen-bond acceptors (Lipinski definition) is 9. The summed E-state index contributed by atoms with van der Waals surface area (Å²) < 4.78 is 0.789. The van der Waals surface area contributed by atoms with Crippen molar-refractivity contribution in [2.45, 2.75) is 74.8 Å². The molecule has 2 aromatic rings. The van der Waals surface area contributed by atoms with E-state index in [4.69, 9.17) is 5.41 Å². The fraction of sp³-hybridized carbons (Fsp3) is 0.633. The zero-order valence-electron chi connectivity index (χ0n) is 22.9. The van der Waals surface area contributed by atoms with Crippen molar-refractivity contribution in [1.29, 1.82) is 5.41 Å². The Hall–Kier alpha value is -1.94. The van der Waals surface area contributed by atoms with Gasteiger partial charge >= 0.3 is 0 Å². The lowest BCUT2D eigenvalue weighted by Crippen LogP contribution is -2.63. The molecule has 6 rings (SSSR count). The lowest BCUT2D eigenvalue weighted by molar-refractivity contribution is -0.185. The molecule has 208 valence electrons.